The molecule has 3 rings (SSSR count). The summed E-state index contributed by atoms with van der Waals surface area (Å²) in [5.74, 6) is 0. The molecule has 1 spiro atoms. The van der Waals surface area contributed by atoms with Crippen molar-refractivity contribution in [2.45, 2.75) is 18.4 Å². The fraction of sp³-hybridized carbons (Fsp3) is 0.364. The summed E-state index contributed by atoms with van der Waals surface area (Å²) in [7, 11) is 0. The molecule has 4 heteroatoms. The molecule has 0 radical (unpaired) electrons. The van der Waals surface area contributed by atoms with Crippen molar-refractivity contribution in [2.24, 2.45) is 10.7 Å². The maximum Gasteiger partial charge on any atom is 0.282 e. The van der Waals surface area contributed by atoms with Crippen LogP contribution in [-0.2, 0) is 17.6 Å². The molecule has 2 aliphatic rings. The second-order valence-electron chi connectivity index (χ2n) is 4.19. The summed E-state index contributed by atoms with van der Waals surface area (Å²) in [6.45, 7) is 0.611. The van der Waals surface area contributed by atoms with Crippen LogP contribution in [0.3, 0.4) is 0 Å². The molecule has 1 aromatic carbocycles. The van der Waals surface area contributed by atoms with E-state index >= 15 is 0 Å². The third kappa shape index (κ3) is 1.35. The van der Waals surface area contributed by atoms with Crippen molar-refractivity contribution < 1.29 is 4.74 Å². The summed E-state index contributed by atoms with van der Waals surface area (Å²) in [5, 5.41) is 0. The number of ether oxygens (including phenoxy) is 1. The van der Waals surface area contributed by atoms with Crippen molar-refractivity contribution in [3.05, 3.63) is 33.8 Å². The quantitative estimate of drug-likeness (QED) is 0.776. The first-order valence-corrected chi connectivity index (χ1v) is 5.72. The van der Waals surface area contributed by atoms with Gasteiger partial charge in [0.2, 0.25) is 0 Å². The number of fused-ring (bicyclic) bond motifs is 1. The molecule has 0 saturated heterocycles. The largest absolute Gasteiger partial charge is 0.463 e. The zero-order valence-corrected chi connectivity index (χ0v) is 9.75. The van der Waals surface area contributed by atoms with Crippen LogP contribution in [0.15, 0.2) is 27.7 Å². The van der Waals surface area contributed by atoms with Gasteiger partial charge >= 0.3 is 0 Å². The van der Waals surface area contributed by atoms with Crippen LogP contribution in [0.25, 0.3) is 0 Å². The van der Waals surface area contributed by atoms with Crippen LogP contribution in [0, 0.1) is 0 Å². The molecular formula is C11H11BrN2O. The van der Waals surface area contributed by atoms with E-state index in [0.29, 0.717) is 12.6 Å². The van der Waals surface area contributed by atoms with E-state index in [0.717, 1.165) is 17.3 Å². The Morgan fingerprint density at radius 1 is 1.40 bits per heavy atom. The highest BCUT2D eigenvalue weighted by Crippen LogP contribution is 2.38. The first-order valence-electron chi connectivity index (χ1n) is 4.93. The molecule has 0 aromatic heterocycles. The second-order valence-corrected chi connectivity index (χ2v) is 5.05. The van der Waals surface area contributed by atoms with Crippen molar-refractivity contribution in [1.82, 2.24) is 0 Å². The highest BCUT2D eigenvalue weighted by Gasteiger charge is 2.42. The van der Waals surface area contributed by atoms with Gasteiger partial charge in [-0.25, -0.2) is 4.99 Å². The summed E-state index contributed by atoms with van der Waals surface area (Å²) in [6.07, 6.45) is 1.85. The second kappa shape index (κ2) is 2.98. The summed E-state index contributed by atoms with van der Waals surface area (Å²) in [6, 6.07) is 6.61. The molecule has 3 nitrogen and oxygen atoms in total. The summed E-state index contributed by atoms with van der Waals surface area (Å²) >= 11 is 3.57. The van der Waals surface area contributed by atoms with Gasteiger partial charge in [-0.05, 0) is 17.2 Å². The number of benzene rings is 1. The average molecular weight is 267 g/mol. The van der Waals surface area contributed by atoms with Gasteiger partial charge in [0.25, 0.3) is 6.02 Å². The summed E-state index contributed by atoms with van der Waals surface area (Å²) in [5.41, 5.74) is 8.15. The Morgan fingerprint density at radius 3 is 2.93 bits per heavy atom. The predicted octanol–water partition coefficient (Wildman–Crippen LogP) is 1.63. The monoisotopic (exact) mass is 266 g/mol. The van der Waals surface area contributed by atoms with Gasteiger partial charge in [0, 0.05) is 17.3 Å². The van der Waals surface area contributed by atoms with E-state index in [-0.39, 0.29) is 5.54 Å². The Hall–Kier alpha value is -1.03. The number of nitrogens with zero attached hydrogens (tertiary/aromatic N) is 1. The van der Waals surface area contributed by atoms with E-state index in [1.807, 2.05) is 0 Å². The van der Waals surface area contributed by atoms with Gasteiger partial charge in [-0.1, -0.05) is 28.1 Å². The molecule has 1 aliphatic heterocycles. The molecule has 1 aromatic rings. The van der Waals surface area contributed by atoms with Crippen LogP contribution in [0.4, 0.5) is 0 Å². The molecular weight excluding hydrogens is 256 g/mol. The number of halogens is 1. The lowest BCUT2D eigenvalue weighted by atomic mass is 9.99. The minimum absolute atomic E-state index is 0.129. The minimum atomic E-state index is -0.129. The highest BCUT2D eigenvalue weighted by molar-refractivity contribution is 9.10. The van der Waals surface area contributed by atoms with E-state index < -0.39 is 0 Å². The molecule has 1 aliphatic carbocycles. The lowest BCUT2D eigenvalue weighted by Crippen LogP contribution is -2.28. The number of rotatable bonds is 0. The van der Waals surface area contributed by atoms with Crippen LogP contribution >= 0.6 is 15.9 Å². The van der Waals surface area contributed by atoms with Gasteiger partial charge in [0.15, 0.2) is 0 Å². The molecule has 78 valence electrons. The Labute approximate surface area is 96.5 Å². The maximum absolute atomic E-state index is 5.58. The van der Waals surface area contributed by atoms with E-state index in [2.05, 4.69) is 39.1 Å². The molecule has 0 amide bonds. The van der Waals surface area contributed by atoms with Gasteiger partial charge in [0.1, 0.15) is 12.1 Å². The lowest BCUT2D eigenvalue weighted by Gasteiger charge is -2.15. The van der Waals surface area contributed by atoms with Crippen LogP contribution < -0.4 is 5.73 Å². The normalized spacial score (nSPS) is 27.7. The summed E-state index contributed by atoms with van der Waals surface area (Å²) < 4.78 is 6.44. The lowest BCUT2D eigenvalue weighted by molar-refractivity contribution is 0.258. The Morgan fingerprint density at radius 2 is 2.27 bits per heavy atom. The van der Waals surface area contributed by atoms with Gasteiger partial charge in [-0.2, -0.15) is 0 Å². The molecule has 1 atom stereocenters. The van der Waals surface area contributed by atoms with Crippen molar-refractivity contribution in [2.75, 3.05) is 6.61 Å². The number of aliphatic imine (C=N–C) groups is 1. The van der Waals surface area contributed by atoms with Crippen molar-refractivity contribution in [1.29, 1.82) is 0 Å². The average Bonchev–Trinajstić information content (AvgIpc) is 2.72. The number of hydrogen-bond donors (Lipinski definition) is 1. The highest BCUT2D eigenvalue weighted by atomic mass is 79.9. The predicted molar refractivity (Wildman–Crippen MR) is 61.9 cm³/mol. The number of hydrogen-bond acceptors (Lipinski definition) is 3. The van der Waals surface area contributed by atoms with E-state index in [4.69, 9.17) is 10.5 Å². The van der Waals surface area contributed by atoms with E-state index in [1.165, 1.54) is 11.1 Å². The fourth-order valence-electron chi connectivity index (χ4n) is 2.40. The van der Waals surface area contributed by atoms with E-state index in [1.54, 1.807) is 0 Å². The van der Waals surface area contributed by atoms with Gasteiger partial charge in [-0.3, -0.25) is 0 Å². The number of amidine groups is 1. The van der Waals surface area contributed by atoms with Gasteiger partial charge in [0.05, 0.1) is 0 Å². The maximum atomic E-state index is 5.58. The number of nitrogens with two attached hydrogens (primary N) is 1. The summed E-state index contributed by atoms with van der Waals surface area (Å²) in [4.78, 5) is 4.43. The Balaban J connectivity index is 2.02. The van der Waals surface area contributed by atoms with Crippen LogP contribution in [0.5, 0.6) is 0 Å². The molecule has 15 heavy (non-hydrogen) atoms. The molecule has 0 bridgehead atoms. The fourth-order valence-corrected chi connectivity index (χ4v) is 2.95. The standard InChI is InChI=1S/C11H11BrN2O/c12-9-3-1-2-7-4-11(5-8(7)9)6-15-10(13)14-11/h1-3H,4-6H2,(H2,13,14). The van der Waals surface area contributed by atoms with E-state index in [9.17, 15) is 0 Å². The van der Waals surface area contributed by atoms with Crippen molar-refractivity contribution in [3.63, 3.8) is 0 Å². The van der Waals surface area contributed by atoms with Crippen LogP contribution in [0.2, 0.25) is 0 Å². The van der Waals surface area contributed by atoms with Crippen LogP contribution in [-0.4, -0.2) is 18.2 Å². The zero-order chi connectivity index (χ0) is 10.5. The molecule has 0 saturated carbocycles. The molecule has 0 fully saturated rings. The van der Waals surface area contributed by atoms with Crippen LogP contribution in [0.1, 0.15) is 11.1 Å². The SMILES string of the molecule is NC1=NC2(CO1)Cc1cccc(Br)c1C2. The smallest absolute Gasteiger partial charge is 0.282 e. The minimum Gasteiger partial charge on any atom is -0.463 e. The van der Waals surface area contributed by atoms with Crippen molar-refractivity contribution >= 4 is 22.0 Å². The third-order valence-electron chi connectivity index (χ3n) is 3.08. The van der Waals surface area contributed by atoms with Gasteiger partial charge < -0.3 is 10.5 Å². The molecule has 2 N–H and O–H groups in total. The first kappa shape index (κ1) is 9.21. The Bertz CT molecular complexity index is 458. The zero-order valence-electron chi connectivity index (χ0n) is 8.16. The molecule has 1 heterocycles. The Kier molecular flexibility index (Phi) is 1.83. The first-order chi connectivity index (χ1) is 7.19. The third-order valence-corrected chi connectivity index (χ3v) is 3.82. The van der Waals surface area contributed by atoms with Gasteiger partial charge in [-0.15, -0.1) is 0 Å². The topological polar surface area (TPSA) is 47.6 Å². The van der Waals surface area contributed by atoms with Crippen molar-refractivity contribution in [3.8, 4) is 0 Å². The molecule has 1 unspecified atom stereocenters.